The maximum Gasteiger partial charge on any atom is 0.122 e. The first-order valence-corrected chi connectivity index (χ1v) is 5.77. The third-order valence-electron chi connectivity index (χ3n) is 2.80. The second-order valence-electron chi connectivity index (χ2n) is 3.93. The fourth-order valence-corrected chi connectivity index (χ4v) is 1.94. The average Bonchev–Trinajstić information content (AvgIpc) is 2.40. The normalized spacial score (nSPS) is 10.2. The number of methoxy groups -OCH3 is 1. The Morgan fingerprint density at radius 1 is 1.00 bits per heavy atom. The molecule has 0 unspecified atom stereocenters. The number of ether oxygens (including phenoxy) is 1. The van der Waals surface area contributed by atoms with E-state index in [4.69, 9.17) is 10.5 Å². The third-order valence-corrected chi connectivity index (χ3v) is 2.80. The lowest BCUT2D eigenvalue weighted by Gasteiger charge is -2.10. The zero-order valence-corrected chi connectivity index (χ0v) is 10.0. The van der Waals surface area contributed by atoms with Crippen molar-refractivity contribution in [3.8, 4) is 16.9 Å². The molecule has 2 heteroatoms. The largest absolute Gasteiger partial charge is 0.496 e. The van der Waals surface area contributed by atoms with Crippen molar-refractivity contribution in [3.05, 3.63) is 54.1 Å². The van der Waals surface area contributed by atoms with Crippen molar-refractivity contribution in [1.82, 2.24) is 0 Å². The quantitative estimate of drug-likeness (QED) is 0.871. The van der Waals surface area contributed by atoms with Crippen LogP contribution in [0.25, 0.3) is 11.1 Å². The fourth-order valence-electron chi connectivity index (χ4n) is 1.94. The van der Waals surface area contributed by atoms with E-state index in [0.717, 1.165) is 17.7 Å². The standard InChI is InChI=1S/C15H17NO/c1-17-15-8-7-13(11-14(15)9-10-16)12-5-3-2-4-6-12/h2-8,11H,9-10,16H2,1H3. The summed E-state index contributed by atoms with van der Waals surface area (Å²) >= 11 is 0. The zero-order chi connectivity index (χ0) is 12.1. The number of nitrogens with two attached hydrogens (primary N) is 1. The maximum atomic E-state index is 5.62. The Morgan fingerprint density at radius 2 is 1.76 bits per heavy atom. The van der Waals surface area contributed by atoms with Crippen LogP contribution in [0.2, 0.25) is 0 Å². The highest BCUT2D eigenvalue weighted by Crippen LogP contribution is 2.26. The number of hydrogen-bond donors (Lipinski definition) is 1. The number of benzene rings is 2. The van der Waals surface area contributed by atoms with Crippen LogP contribution in [0.4, 0.5) is 0 Å². The predicted molar refractivity (Wildman–Crippen MR) is 71.2 cm³/mol. The van der Waals surface area contributed by atoms with Crippen LogP contribution in [-0.4, -0.2) is 13.7 Å². The van der Waals surface area contributed by atoms with Gasteiger partial charge in [-0.15, -0.1) is 0 Å². The second kappa shape index (κ2) is 5.51. The van der Waals surface area contributed by atoms with Crippen LogP contribution in [0.15, 0.2) is 48.5 Å². The van der Waals surface area contributed by atoms with Crippen molar-refractivity contribution in [2.24, 2.45) is 5.73 Å². The molecule has 0 spiro atoms. The van der Waals surface area contributed by atoms with E-state index in [1.807, 2.05) is 24.3 Å². The molecule has 17 heavy (non-hydrogen) atoms. The minimum atomic E-state index is 0.634. The van der Waals surface area contributed by atoms with Gasteiger partial charge >= 0.3 is 0 Å². The van der Waals surface area contributed by atoms with Crippen LogP contribution in [0.5, 0.6) is 5.75 Å². The number of rotatable bonds is 4. The number of hydrogen-bond acceptors (Lipinski definition) is 2. The summed E-state index contributed by atoms with van der Waals surface area (Å²) in [5.74, 6) is 0.912. The minimum absolute atomic E-state index is 0.634. The molecule has 2 rings (SSSR count). The summed E-state index contributed by atoms with van der Waals surface area (Å²) < 4.78 is 5.33. The molecule has 2 aromatic carbocycles. The van der Waals surface area contributed by atoms with Gasteiger partial charge in [0, 0.05) is 0 Å². The van der Waals surface area contributed by atoms with Gasteiger partial charge in [-0.05, 0) is 41.8 Å². The molecule has 0 aliphatic rings. The molecule has 0 saturated carbocycles. The second-order valence-corrected chi connectivity index (χ2v) is 3.93. The molecule has 0 atom stereocenters. The molecule has 0 aliphatic carbocycles. The van der Waals surface area contributed by atoms with Gasteiger partial charge in [-0.25, -0.2) is 0 Å². The molecule has 0 fully saturated rings. The smallest absolute Gasteiger partial charge is 0.122 e. The van der Waals surface area contributed by atoms with Gasteiger partial charge in [-0.1, -0.05) is 36.4 Å². The van der Waals surface area contributed by atoms with E-state index >= 15 is 0 Å². The van der Waals surface area contributed by atoms with Gasteiger partial charge in [0.2, 0.25) is 0 Å². The fraction of sp³-hybridized carbons (Fsp3) is 0.200. The van der Waals surface area contributed by atoms with E-state index in [0.29, 0.717) is 6.54 Å². The Balaban J connectivity index is 2.40. The van der Waals surface area contributed by atoms with Crippen LogP contribution in [0.3, 0.4) is 0 Å². The van der Waals surface area contributed by atoms with Gasteiger partial charge in [-0.2, -0.15) is 0 Å². The molecule has 0 heterocycles. The monoisotopic (exact) mass is 227 g/mol. The van der Waals surface area contributed by atoms with Gasteiger partial charge in [0.05, 0.1) is 7.11 Å². The lowest BCUT2D eigenvalue weighted by Crippen LogP contribution is -2.04. The molecule has 0 aromatic heterocycles. The Labute approximate surface area is 102 Å². The molecular formula is C15H17NO. The molecule has 2 aromatic rings. The van der Waals surface area contributed by atoms with Crippen molar-refractivity contribution in [2.45, 2.75) is 6.42 Å². The molecule has 2 nitrogen and oxygen atoms in total. The average molecular weight is 227 g/mol. The summed E-state index contributed by atoms with van der Waals surface area (Å²) in [5.41, 5.74) is 9.20. The molecule has 0 saturated heterocycles. The summed E-state index contributed by atoms with van der Waals surface area (Å²) in [4.78, 5) is 0. The molecule has 88 valence electrons. The van der Waals surface area contributed by atoms with Crippen molar-refractivity contribution in [3.63, 3.8) is 0 Å². The minimum Gasteiger partial charge on any atom is -0.496 e. The first kappa shape index (κ1) is 11.7. The lowest BCUT2D eigenvalue weighted by molar-refractivity contribution is 0.410. The molecule has 2 N–H and O–H groups in total. The van der Waals surface area contributed by atoms with Crippen molar-refractivity contribution in [2.75, 3.05) is 13.7 Å². The Kier molecular flexibility index (Phi) is 3.78. The predicted octanol–water partition coefficient (Wildman–Crippen LogP) is 2.86. The van der Waals surface area contributed by atoms with E-state index in [1.165, 1.54) is 11.1 Å². The Hall–Kier alpha value is -1.80. The van der Waals surface area contributed by atoms with E-state index in [1.54, 1.807) is 7.11 Å². The van der Waals surface area contributed by atoms with Crippen LogP contribution < -0.4 is 10.5 Å². The highest BCUT2D eigenvalue weighted by Gasteiger charge is 2.04. The van der Waals surface area contributed by atoms with Crippen LogP contribution in [0, 0.1) is 0 Å². The molecule has 0 amide bonds. The van der Waals surface area contributed by atoms with E-state index in [2.05, 4.69) is 24.3 Å². The summed E-state index contributed by atoms with van der Waals surface area (Å²) in [7, 11) is 1.69. The van der Waals surface area contributed by atoms with Crippen LogP contribution in [-0.2, 0) is 6.42 Å². The van der Waals surface area contributed by atoms with Crippen LogP contribution >= 0.6 is 0 Å². The van der Waals surface area contributed by atoms with Gasteiger partial charge < -0.3 is 10.5 Å². The highest BCUT2D eigenvalue weighted by molar-refractivity contribution is 5.65. The van der Waals surface area contributed by atoms with Gasteiger partial charge in [0.15, 0.2) is 0 Å². The summed E-state index contributed by atoms with van der Waals surface area (Å²) in [6, 6.07) is 16.6. The van der Waals surface area contributed by atoms with Crippen molar-refractivity contribution >= 4 is 0 Å². The molecule has 0 radical (unpaired) electrons. The molecule has 0 bridgehead atoms. The highest BCUT2D eigenvalue weighted by atomic mass is 16.5. The van der Waals surface area contributed by atoms with Crippen molar-refractivity contribution < 1.29 is 4.74 Å². The summed E-state index contributed by atoms with van der Waals surface area (Å²) in [5, 5.41) is 0. The van der Waals surface area contributed by atoms with E-state index < -0.39 is 0 Å². The summed E-state index contributed by atoms with van der Waals surface area (Å²) in [6.45, 7) is 0.634. The SMILES string of the molecule is COc1ccc(-c2ccccc2)cc1CCN. The Bertz CT molecular complexity index is 480. The van der Waals surface area contributed by atoms with Gasteiger partial charge in [0.25, 0.3) is 0 Å². The topological polar surface area (TPSA) is 35.2 Å². The summed E-state index contributed by atoms with van der Waals surface area (Å²) in [6.07, 6.45) is 0.837. The molecule has 0 aliphatic heterocycles. The zero-order valence-electron chi connectivity index (χ0n) is 10.0. The van der Waals surface area contributed by atoms with Gasteiger partial charge in [-0.3, -0.25) is 0 Å². The lowest BCUT2D eigenvalue weighted by atomic mass is 10.0. The van der Waals surface area contributed by atoms with Crippen molar-refractivity contribution in [1.29, 1.82) is 0 Å². The first-order valence-electron chi connectivity index (χ1n) is 5.77. The van der Waals surface area contributed by atoms with E-state index in [9.17, 15) is 0 Å². The van der Waals surface area contributed by atoms with Gasteiger partial charge in [0.1, 0.15) is 5.75 Å². The Morgan fingerprint density at radius 3 is 2.41 bits per heavy atom. The van der Waals surface area contributed by atoms with E-state index in [-0.39, 0.29) is 0 Å². The third kappa shape index (κ3) is 2.66. The first-order chi connectivity index (χ1) is 8.35. The van der Waals surface area contributed by atoms with Crippen LogP contribution in [0.1, 0.15) is 5.56 Å². The maximum absolute atomic E-state index is 5.62. The molecular weight excluding hydrogens is 210 g/mol.